The van der Waals surface area contributed by atoms with Gasteiger partial charge in [-0.1, -0.05) is 30.0 Å². The van der Waals surface area contributed by atoms with Crippen molar-refractivity contribution in [3.05, 3.63) is 84.4 Å². The molecule has 4 rings (SSSR count). The number of rotatable bonds is 9. The number of hydrogen-bond acceptors (Lipinski definition) is 7. The summed E-state index contributed by atoms with van der Waals surface area (Å²) in [7, 11) is 0. The molecule has 0 atom stereocenters. The van der Waals surface area contributed by atoms with Crippen molar-refractivity contribution >= 4 is 28.4 Å². The van der Waals surface area contributed by atoms with Gasteiger partial charge in [-0.2, -0.15) is 5.26 Å². The van der Waals surface area contributed by atoms with Gasteiger partial charge in [-0.3, -0.25) is 4.57 Å². The molecule has 0 aliphatic heterocycles. The molecular weight excluding hydrogens is 443 g/mol. The van der Waals surface area contributed by atoms with Crippen LogP contribution in [-0.4, -0.2) is 35.6 Å². The van der Waals surface area contributed by atoms with Crippen LogP contribution in [0.2, 0.25) is 0 Å². The SMILES string of the molecule is C=CCn1c(COc2ccc(F)cc2)nnc1SC/C(O)=C(\C#N)c1nc2ccccc2[nH]1. The number of thioether (sulfide) groups is 1. The average molecular weight is 463 g/mol. The maximum Gasteiger partial charge on any atom is 0.192 e. The Morgan fingerprint density at radius 3 is 2.76 bits per heavy atom. The first kappa shape index (κ1) is 22.1. The molecule has 2 heterocycles. The largest absolute Gasteiger partial charge is 0.510 e. The van der Waals surface area contributed by atoms with E-state index in [1.807, 2.05) is 30.3 Å². The topological polar surface area (TPSA) is 113 Å². The molecule has 0 saturated heterocycles. The first-order valence-electron chi connectivity index (χ1n) is 9.90. The van der Waals surface area contributed by atoms with Gasteiger partial charge in [0.2, 0.25) is 0 Å². The number of aromatic nitrogens is 5. The number of allylic oxidation sites excluding steroid dienone is 2. The fraction of sp³-hybridized carbons (Fsp3) is 0.130. The zero-order valence-corrected chi connectivity index (χ0v) is 18.2. The molecule has 2 aromatic carbocycles. The van der Waals surface area contributed by atoms with Crippen molar-refractivity contribution in [1.29, 1.82) is 5.26 Å². The molecule has 10 heteroatoms. The molecule has 0 aliphatic rings. The second-order valence-corrected chi connectivity index (χ2v) is 7.81. The molecule has 4 aromatic rings. The maximum absolute atomic E-state index is 13.1. The van der Waals surface area contributed by atoms with Gasteiger partial charge in [0.25, 0.3) is 0 Å². The lowest BCUT2D eigenvalue weighted by molar-refractivity contribution is 0.288. The quantitative estimate of drug-likeness (QED) is 0.161. The number of fused-ring (bicyclic) bond motifs is 1. The number of halogens is 1. The summed E-state index contributed by atoms with van der Waals surface area (Å²) in [6.45, 7) is 4.31. The molecule has 8 nitrogen and oxygen atoms in total. The van der Waals surface area contributed by atoms with Crippen LogP contribution in [0.4, 0.5) is 4.39 Å². The number of nitrogens with one attached hydrogen (secondary N) is 1. The Morgan fingerprint density at radius 1 is 1.24 bits per heavy atom. The summed E-state index contributed by atoms with van der Waals surface area (Å²) in [6.07, 6.45) is 1.69. The first-order valence-corrected chi connectivity index (χ1v) is 10.9. The number of aliphatic hydroxyl groups is 1. The predicted octanol–water partition coefficient (Wildman–Crippen LogP) is 4.64. The number of aliphatic hydroxyl groups excluding tert-OH is 1. The molecule has 0 saturated carbocycles. The molecule has 0 spiro atoms. The molecule has 0 unspecified atom stereocenters. The lowest BCUT2D eigenvalue weighted by Crippen LogP contribution is -2.08. The lowest BCUT2D eigenvalue weighted by Gasteiger charge is -2.09. The van der Waals surface area contributed by atoms with Gasteiger partial charge in [0, 0.05) is 6.54 Å². The van der Waals surface area contributed by atoms with E-state index < -0.39 is 0 Å². The van der Waals surface area contributed by atoms with E-state index in [9.17, 15) is 14.8 Å². The Hall–Kier alpha value is -4.10. The third-order valence-corrected chi connectivity index (χ3v) is 5.63. The summed E-state index contributed by atoms with van der Waals surface area (Å²) in [5.41, 5.74) is 1.54. The highest BCUT2D eigenvalue weighted by Crippen LogP contribution is 2.25. The number of nitrogens with zero attached hydrogens (tertiary/aromatic N) is 5. The predicted molar refractivity (Wildman–Crippen MR) is 123 cm³/mol. The van der Waals surface area contributed by atoms with Gasteiger partial charge in [0.1, 0.15) is 35.6 Å². The van der Waals surface area contributed by atoms with Crippen LogP contribution in [0.15, 0.2) is 72.1 Å². The Labute approximate surface area is 193 Å². The van der Waals surface area contributed by atoms with E-state index in [1.165, 1.54) is 36.0 Å². The molecule has 0 amide bonds. The minimum Gasteiger partial charge on any atom is -0.510 e. The average Bonchev–Trinajstić information content (AvgIpc) is 3.42. The summed E-state index contributed by atoms with van der Waals surface area (Å²) in [4.78, 5) is 7.43. The van der Waals surface area contributed by atoms with Crippen molar-refractivity contribution < 1.29 is 14.2 Å². The molecule has 166 valence electrons. The summed E-state index contributed by atoms with van der Waals surface area (Å²) >= 11 is 1.22. The van der Waals surface area contributed by atoms with E-state index in [2.05, 4.69) is 26.7 Å². The van der Waals surface area contributed by atoms with Crippen LogP contribution in [0.25, 0.3) is 16.6 Å². The highest BCUT2D eigenvalue weighted by molar-refractivity contribution is 7.99. The number of para-hydroxylation sites is 2. The second kappa shape index (κ2) is 10.0. The van der Waals surface area contributed by atoms with E-state index in [-0.39, 0.29) is 29.5 Å². The van der Waals surface area contributed by atoms with Crippen molar-refractivity contribution in [2.24, 2.45) is 0 Å². The van der Waals surface area contributed by atoms with Crippen molar-refractivity contribution in [2.45, 2.75) is 18.3 Å². The number of hydrogen-bond donors (Lipinski definition) is 2. The van der Waals surface area contributed by atoms with Gasteiger partial charge >= 0.3 is 0 Å². The highest BCUT2D eigenvalue weighted by Gasteiger charge is 2.17. The molecular formula is C23H19FN6O2S. The van der Waals surface area contributed by atoms with Gasteiger partial charge in [-0.15, -0.1) is 16.8 Å². The van der Waals surface area contributed by atoms with E-state index in [1.54, 1.807) is 10.6 Å². The third kappa shape index (κ3) is 5.05. The summed E-state index contributed by atoms with van der Waals surface area (Å²) in [5.74, 6) is 0.972. The number of ether oxygens (including phenoxy) is 1. The number of aromatic amines is 1. The molecule has 0 aliphatic carbocycles. The first-order chi connectivity index (χ1) is 16.1. The molecule has 2 N–H and O–H groups in total. The highest BCUT2D eigenvalue weighted by atomic mass is 32.2. The number of H-pyrrole nitrogens is 1. The number of nitriles is 1. The van der Waals surface area contributed by atoms with E-state index in [0.29, 0.717) is 34.6 Å². The Morgan fingerprint density at radius 2 is 2.03 bits per heavy atom. The third-order valence-electron chi connectivity index (χ3n) is 4.65. The zero-order chi connectivity index (χ0) is 23.2. The van der Waals surface area contributed by atoms with Crippen molar-refractivity contribution in [2.75, 3.05) is 5.75 Å². The Kier molecular flexibility index (Phi) is 6.71. The lowest BCUT2D eigenvalue weighted by atomic mass is 10.2. The standard InChI is InChI=1S/C23H19FN6O2S/c1-2-11-30-21(13-32-16-9-7-15(24)8-10-16)28-29-23(30)33-14-20(31)17(12-25)22-26-18-5-3-4-6-19(18)27-22/h2-10,31H,1,11,13-14H2,(H,26,27)/b20-17-. The summed E-state index contributed by atoms with van der Waals surface area (Å²) < 4.78 is 20.5. The van der Waals surface area contributed by atoms with Crippen LogP contribution < -0.4 is 4.74 Å². The minimum absolute atomic E-state index is 0.0633. The monoisotopic (exact) mass is 462 g/mol. The minimum atomic E-state index is -0.344. The smallest absolute Gasteiger partial charge is 0.192 e. The fourth-order valence-electron chi connectivity index (χ4n) is 3.05. The van der Waals surface area contributed by atoms with Gasteiger partial charge in [-0.05, 0) is 36.4 Å². The fourth-order valence-corrected chi connectivity index (χ4v) is 3.90. The van der Waals surface area contributed by atoms with Gasteiger partial charge < -0.3 is 14.8 Å². The van der Waals surface area contributed by atoms with Crippen LogP contribution in [0.5, 0.6) is 5.75 Å². The molecule has 0 bridgehead atoms. The van der Waals surface area contributed by atoms with E-state index in [4.69, 9.17) is 4.74 Å². The molecule has 33 heavy (non-hydrogen) atoms. The molecule has 2 aromatic heterocycles. The van der Waals surface area contributed by atoms with Crippen LogP contribution in [-0.2, 0) is 13.2 Å². The summed E-state index contributed by atoms with van der Waals surface area (Å²) in [5, 5.41) is 29.0. The van der Waals surface area contributed by atoms with Gasteiger partial charge in [0.15, 0.2) is 16.8 Å². The van der Waals surface area contributed by atoms with Crippen molar-refractivity contribution in [3.8, 4) is 11.8 Å². The Bertz CT molecular complexity index is 1320. The van der Waals surface area contributed by atoms with Gasteiger partial charge in [0.05, 0.1) is 16.8 Å². The summed E-state index contributed by atoms with van der Waals surface area (Å²) in [6, 6.07) is 15.1. The van der Waals surface area contributed by atoms with E-state index in [0.717, 1.165) is 5.52 Å². The normalized spacial score (nSPS) is 11.8. The second-order valence-electron chi connectivity index (χ2n) is 6.87. The maximum atomic E-state index is 13.1. The van der Waals surface area contributed by atoms with Crippen LogP contribution in [0, 0.1) is 17.1 Å². The zero-order valence-electron chi connectivity index (χ0n) is 17.4. The van der Waals surface area contributed by atoms with Crippen LogP contribution >= 0.6 is 11.8 Å². The van der Waals surface area contributed by atoms with Crippen LogP contribution in [0.3, 0.4) is 0 Å². The van der Waals surface area contributed by atoms with Crippen LogP contribution in [0.1, 0.15) is 11.6 Å². The Balaban J connectivity index is 1.50. The van der Waals surface area contributed by atoms with Crippen molar-refractivity contribution in [1.82, 2.24) is 24.7 Å². The molecule has 0 fully saturated rings. The number of benzene rings is 2. The van der Waals surface area contributed by atoms with E-state index >= 15 is 0 Å². The number of imidazole rings is 1. The van der Waals surface area contributed by atoms with Crippen molar-refractivity contribution in [3.63, 3.8) is 0 Å². The van der Waals surface area contributed by atoms with Gasteiger partial charge in [-0.25, -0.2) is 9.37 Å². The molecule has 0 radical (unpaired) electrons.